The average molecular weight is 285 g/mol. The van der Waals surface area contributed by atoms with Gasteiger partial charge in [0.25, 0.3) is 0 Å². The Labute approximate surface area is 125 Å². The Morgan fingerprint density at radius 3 is 3.05 bits per heavy atom. The minimum atomic E-state index is 0.313. The van der Waals surface area contributed by atoms with Crippen LogP contribution in [0.4, 0.5) is 0 Å². The molecule has 0 saturated carbocycles. The number of carbonyl (C=O) groups excluding carboxylic acids is 1. The number of fused-ring (bicyclic) bond motifs is 1. The van der Waals surface area contributed by atoms with Crippen LogP contribution in [0.5, 0.6) is 0 Å². The molecule has 1 fully saturated rings. The van der Waals surface area contributed by atoms with Crippen LogP contribution in [0.2, 0.25) is 0 Å². The molecule has 1 N–H and O–H groups in total. The number of Topliss-reactive ketones (excluding diaryl/α,β-unsaturated/α-hetero) is 1. The van der Waals surface area contributed by atoms with Gasteiger partial charge in [0.1, 0.15) is 5.78 Å². The Kier molecular flexibility index (Phi) is 4.34. The summed E-state index contributed by atoms with van der Waals surface area (Å²) in [5.41, 5.74) is 2.06. The molecule has 1 unspecified atom stereocenters. The van der Waals surface area contributed by atoms with Crippen molar-refractivity contribution in [2.45, 2.75) is 39.2 Å². The molecular weight excluding hydrogens is 262 g/mol. The first-order valence-electron chi connectivity index (χ1n) is 7.94. The fraction of sp³-hybridized carbons (Fsp3) is 0.529. The van der Waals surface area contributed by atoms with E-state index in [4.69, 9.17) is 0 Å². The van der Waals surface area contributed by atoms with Gasteiger partial charge in [-0.25, -0.2) is 0 Å². The lowest BCUT2D eigenvalue weighted by molar-refractivity contribution is -0.118. The number of aryl methyl sites for hydroxylation is 1. The molecule has 0 radical (unpaired) electrons. The van der Waals surface area contributed by atoms with Crippen LogP contribution in [0.1, 0.15) is 31.9 Å². The van der Waals surface area contributed by atoms with E-state index in [0.717, 1.165) is 42.7 Å². The standard InChI is InChI=1S/C17H23N3O/c1-2-20-17-6-4-3-5-15(17)16(19-20)11-14(21)8-7-13-9-10-18-12-13/h3-6,13,18H,2,7-12H2,1H3. The number of nitrogens with zero attached hydrogens (tertiary/aromatic N) is 2. The lowest BCUT2D eigenvalue weighted by atomic mass is 9.99. The number of nitrogens with one attached hydrogen (secondary N) is 1. The second-order valence-corrected chi connectivity index (χ2v) is 5.89. The highest BCUT2D eigenvalue weighted by Crippen LogP contribution is 2.20. The van der Waals surface area contributed by atoms with Crippen LogP contribution in [0.15, 0.2) is 24.3 Å². The van der Waals surface area contributed by atoms with Crippen LogP contribution < -0.4 is 5.32 Å². The third kappa shape index (κ3) is 3.16. The Morgan fingerprint density at radius 1 is 1.43 bits per heavy atom. The smallest absolute Gasteiger partial charge is 0.138 e. The van der Waals surface area contributed by atoms with Crippen molar-refractivity contribution in [2.75, 3.05) is 13.1 Å². The van der Waals surface area contributed by atoms with E-state index in [1.54, 1.807) is 0 Å². The van der Waals surface area contributed by atoms with Gasteiger partial charge in [-0.2, -0.15) is 5.10 Å². The third-order valence-corrected chi connectivity index (χ3v) is 4.39. The molecule has 2 heterocycles. The van der Waals surface area contributed by atoms with Gasteiger partial charge < -0.3 is 5.32 Å². The number of hydrogen-bond donors (Lipinski definition) is 1. The lowest BCUT2D eigenvalue weighted by Crippen LogP contribution is -2.11. The van der Waals surface area contributed by atoms with Gasteiger partial charge in [-0.05, 0) is 44.8 Å². The quantitative estimate of drug-likeness (QED) is 0.887. The zero-order valence-electron chi connectivity index (χ0n) is 12.6. The maximum absolute atomic E-state index is 12.2. The largest absolute Gasteiger partial charge is 0.316 e. The molecular formula is C17H23N3O. The van der Waals surface area contributed by atoms with Gasteiger partial charge >= 0.3 is 0 Å². The van der Waals surface area contributed by atoms with Crippen LogP contribution >= 0.6 is 0 Å². The molecule has 112 valence electrons. The predicted octanol–water partition coefficient (Wildman–Crippen LogP) is 2.56. The molecule has 4 nitrogen and oxygen atoms in total. The van der Waals surface area contributed by atoms with Crippen molar-refractivity contribution in [3.63, 3.8) is 0 Å². The summed E-state index contributed by atoms with van der Waals surface area (Å²) < 4.78 is 1.98. The van der Waals surface area contributed by atoms with Crippen molar-refractivity contribution in [1.29, 1.82) is 0 Å². The first-order chi connectivity index (χ1) is 10.3. The van der Waals surface area contributed by atoms with Crippen molar-refractivity contribution < 1.29 is 4.79 Å². The van der Waals surface area contributed by atoms with E-state index in [2.05, 4.69) is 29.5 Å². The van der Waals surface area contributed by atoms with Crippen LogP contribution in [0.3, 0.4) is 0 Å². The number of ketones is 1. The van der Waals surface area contributed by atoms with Gasteiger partial charge in [0.2, 0.25) is 0 Å². The Hall–Kier alpha value is -1.68. The van der Waals surface area contributed by atoms with Crippen molar-refractivity contribution in [1.82, 2.24) is 15.1 Å². The maximum Gasteiger partial charge on any atom is 0.138 e. The SMILES string of the molecule is CCn1nc(CC(=O)CCC2CCNC2)c2ccccc21. The van der Waals surface area contributed by atoms with E-state index < -0.39 is 0 Å². The molecule has 1 atom stereocenters. The first-order valence-corrected chi connectivity index (χ1v) is 7.94. The second kappa shape index (κ2) is 6.39. The molecule has 1 aromatic carbocycles. The van der Waals surface area contributed by atoms with Crippen molar-refractivity contribution in [2.24, 2.45) is 5.92 Å². The monoisotopic (exact) mass is 285 g/mol. The predicted molar refractivity (Wildman–Crippen MR) is 84.3 cm³/mol. The summed E-state index contributed by atoms with van der Waals surface area (Å²) in [6, 6.07) is 8.18. The minimum Gasteiger partial charge on any atom is -0.316 e. The van der Waals surface area contributed by atoms with Gasteiger partial charge in [0, 0.05) is 18.4 Å². The second-order valence-electron chi connectivity index (χ2n) is 5.89. The summed E-state index contributed by atoms with van der Waals surface area (Å²) >= 11 is 0. The summed E-state index contributed by atoms with van der Waals surface area (Å²) in [6.07, 6.45) is 3.37. The topological polar surface area (TPSA) is 46.9 Å². The number of carbonyl (C=O) groups is 1. The Bertz CT molecular complexity index is 626. The average Bonchev–Trinajstić information content (AvgIpc) is 3.13. The molecule has 1 aliphatic heterocycles. The molecule has 1 saturated heterocycles. The summed E-state index contributed by atoms with van der Waals surface area (Å²) in [5, 5.41) is 9.09. The highest BCUT2D eigenvalue weighted by atomic mass is 16.1. The molecule has 0 bridgehead atoms. The zero-order valence-corrected chi connectivity index (χ0v) is 12.6. The van der Waals surface area contributed by atoms with Crippen LogP contribution in [-0.2, 0) is 17.8 Å². The van der Waals surface area contributed by atoms with E-state index in [1.807, 2.05) is 16.8 Å². The van der Waals surface area contributed by atoms with Crippen molar-refractivity contribution in [3.05, 3.63) is 30.0 Å². The maximum atomic E-state index is 12.2. The number of benzene rings is 1. The fourth-order valence-electron chi connectivity index (χ4n) is 3.17. The van der Waals surface area contributed by atoms with E-state index in [-0.39, 0.29) is 0 Å². The molecule has 1 aliphatic rings. The molecule has 21 heavy (non-hydrogen) atoms. The van der Waals surface area contributed by atoms with Gasteiger partial charge in [0.05, 0.1) is 17.6 Å². The van der Waals surface area contributed by atoms with Crippen LogP contribution in [0.25, 0.3) is 10.9 Å². The highest BCUT2D eigenvalue weighted by Gasteiger charge is 2.17. The number of rotatable bonds is 6. The number of para-hydroxylation sites is 1. The minimum absolute atomic E-state index is 0.313. The molecule has 0 aliphatic carbocycles. The number of aromatic nitrogens is 2. The van der Waals surface area contributed by atoms with Crippen molar-refractivity contribution >= 4 is 16.7 Å². The van der Waals surface area contributed by atoms with E-state index in [1.165, 1.54) is 6.42 Å². The molecule has 2 aromatic rings. The van der Waals surface area contributed by atoms with E-state index in [9.17, 15) is 4.79 Å². The first kappa shape index (κ1) is 14.3. The molecule has 0 amide bonds. The summed E-state index contributed by atoms with van der Waals surface area (Å²) in [7, 11) is 0. The zero-order chi connectivity index (χ0) is 14.7. The summed E-state index contributed by atoms with van der Waals surface area (Å²) in [4.78, 5) is 12.2. The summed E-state index contributed by atoms with van der Waals surface area (Å²) in [5.74, 6) is 0.993. The molecule has 3 rings (SSSR count). The van der Waals surface area contributed by atoms with E-state index >= 15 is 0 Å². The highest BCUT2D eigenvalue weighted by molar-refractivity contribution is 5.88. The summed E-state index contributed by atoms with van der Waals surface area (Å²) in [6.45, 7) is 5.09. The Morgan fingerprint density at radius 2 is 2.29 bits per heavy atom. The molecule has 0 spiro atoms. The van der Waals surface area contributed by atoms with Gasteiger partial charge in [0.15, 0.2) is 0 Å². The molecule has 1 aromatic heterocycles. The fourth-order valence-corrected chi connectivity index (χ4v) is 3.17. The van der Waals surface area contributed by atoms with Crippen LogP contribution in [0, 0.1) is 5.92 Å². The van der Waals surface area contributed by atoms with Gasteiger partial charge in [-0.15, -0.1) is 0 Å². The Balaban J connectivity index is 1.67. The van der Waals surface area contributed by atoms with Gasteiger partial charge in [-0.3, -0.25) is 9.48 Å². The lowest BCUT2D eigenvalue weighted by Gasteiger charge is -2.06. The van der Waals surface area contributed by atoms with E-state index in [0.29, 0.717) is 24.5 Å². The number of hydrogen-bond acceptors (Lipinski definition) is 3. The molecule has 4 heteroatoms. The van der Waals surface area contributed by atoms with Gasteiger partial charge in [-0.1, -0.05) is 18.2 Å². The normalized spacial score (nSPS) is 18.4. The van der Waals surface area contributed by atoms with Crippen LogP contribution in [-0.4, -0.2) is 28.7 Å². The van der Waals surface area contributed by atoms with Crippen molar-refractivity contribution in [3.8, 4) is 0 Å². The third-order valence-electron chi connectivity index (χ3n) is 4.39.